The average molecular weight is 608 g/mol. The Bertz CT molecular complexity index is 1660. The van der Waals surface area contributed by atoms with Gasteiger partial charge in [0, 0.05) is 16.7 Å². The lowest BCUT2D eigenvalue weighted by molar-refractivity contribution is -0.119. The number of halogens is 1. The summed E-state index contributed by atoms with van der Waals surface area (Å²) in [6, 6.07) is 25.5. The van der Waals surface area contributed by atoms with Crippen molar-refractivity contribution in [3.05, 3.63) is 113 Å². The van der Waals surface area contributed by atoms with Crippen LogP contribution in [-0.2, 0) is 21.4 Å². The van der Waals surface area contributed by atoms with Crippen LogP contribution in [0.2, 0.25) is 5.02 Å². The van der Waals surface area contributed by atoms with Crippen molar-refractivity contribution >= 4 is 39.4 Å². The van der Waals surface area contributed by atoms with E-state index in [0.717, 1.165) is 15.4 Å². The first-order chi connectivity index (χ1) is 20.2. The van der Waals surface area contributed by atoms with E-state index in [2.05, 4.69) is 10.5 Å². The lowest BCUT2D eigenvalue weighted by atomic mass is 10.2. The summed E-state index contributed by atoms with van der Waals surface area (Å²) in [7, 11) is -1.25. The van der Waals surface area contributed by atoms with Gasteiger partial charge in [0.15, 0.2) is 0 Å². The van der Waals surface area contributed by atoms with Gasteiger partial charge in [-0.1, -0.05) is 47.5 Å². The minimum atomic E-state index is -4.15. The number of nitrogens with zero attached hydrogens (tertiary/aromatic N) is 2. The lowest BCUT2D eigenvalue weighted by Gasteiger charge is -2.25. The van der Waals surface area contributed by atoms with Gasteiger partial charge < -0.3 is 14.2 Å². The molecule has 0 aliphatic rings. The molecule has 0 spiro atoms. The van der Waals surface area contributed by atoms with Crippen molar-refractivity contribution in [2.75, 3.05) is 25.1 Å². The van der Waals surface area contributed by atoms with Crippen molar-refractivity contribution in [2.24, 2.45) is 5.10 Å². The highest BCUT2D eigenvalue weighted by Gasteiger charge is 2.29. The van der Waals surface area contributed by atoms with Crippen LogP contribution in [0.1, 0.15) is 16.7 Å². The Hall–Kier alpha value is -4.54. The van der Waals surface area contributed by atoms with E-state index in [1.165, 1.54) is 38.6 Å². The zero-order valence-electron chi connectivity index (χ0n) is 23.3. The minimum absolute atomic E-state index is 0.0270. The molecule has 218 valence electrons. The van der Waals surface area contributed by atoms with Gasteiger partial charge in [-0.05, 0) is 67.1 Å². The van der Waals surface area contributed by atoms with Gasteiger partial charge in [-0.3, -0.25) is 9.10 Å². The first-order valence-electron chi connectivity index (χ1n) is 12.8. The first kappa shape index (κ1) is 30.4. The summed E-state index contributed by atoms with van der Waals surface area (Å²) in [6.07, 6.45) is 1.45. The molecule has 11 heteroatoms. The molecule has 0 bridgehead atoms. The molecule has 0 heterocycles. The Morgan fingerprint density at radius 1 is 0.929 bits per heavy atom. The second kappa shape index (κ2) is 13.9. The third kappa shape index (κ3) is 7.59. The number of anilines is 1. The van der Waals surface area contributed by atoms with Gasteiger partial charge >= 0.3 is 0 Å². The molecule has 0 saturated heterocycles. The van der Waals surface area contributed by atoms with E-state index in [1.54, 1.807) is 54.6 Å². The minimum Gasteiger partial charge on any atom is -0.497 e. The molecule has 4 aromatic carbocycles. The molecule has 1 amide bonds. The molecule has 9 nitrogen and oxygen atoms in total. The summed E-state index contributed by atoms with van der Waals surface area (Å²) in [5.74, 6) is 0.678. The second-order valence-electron chi connectivity index (χ2n) is 9.10. The average Bonchev–Trinajstić information content (AvgIpc) is 3.00. The maximum absolute atomic E-state index is 13.7. The van der Waals surface area contributed by atoms with Crippen LogP contribution in [0.25, 0.3) is 0 Å². The zero-order valence-corrected chi connectivity index (χ0v) is 24.9. The maximum atomic E-state index is 13.7. The number of hydrazone groups is 1. The van der Waals surface area contributed by atoms with Crippen LogP contribution in [0.15, 0.2) is 101 Å². The normalized spacial score (nSPS) is 11.2. The van der Waals surface area contributed by atoms with Crippen LogP contribution in [0.5, 0.6) is 17.2 Å². The van der Waals surface area contributed by atoms with Crippen LogP contribution in [-0.4, -0.2) is 41.3 Å². The van der Waals surface area contributed by atoms with Crippen molar-refractivity contribution in [1.29, 1.82) is 0 Å². The fraction of sp³-hybridized carbons (Fsp3) is 0.161. The number of ether oxygens (including phenoxy) is 3. The molecule has 0 radical (unpaired) electrons. The lowest BCUT2D eigenvalue weighted by Crippen LogP contribution is -2.39. The topological polar surface area (TPSA) is 107 Å². The Morgan fingerprint density at radius 2 is 1.62 bits per heavy atom. The van der Waals surface area contributed by atoms with Crippen molar-refractivity contribution < 1.29 is 27.4 Å². The molecule has 1 N–H and O–H groups in total. The van der Waals surface area contributed by atoms with E-state index >= 15 is 0 Å². The summed E-state index contributed by atoms with van der Waals surface area (Å²) >= 11 is 6.17. The summed E-state index contributed by atoms with van der Waals surface area (Å²) in [5.41, 5.74) is 5.04. The van der Waals surface area contributed by atoms with Crippen molar-refractivity contribution in [3.8, 4) is 17.2 Å². The SMILES string of the molecule is COc1ccc(N(CC(=O)N/N=C/c2ccc(OCc3ccccc3Cl)cc2)S(=O)(=O)c2ccc(C)cc2)c(OC)c1. The smallest absolute Gasteiger partial charge is 0.264 e. The van der Waals surface area contributed by atoms with Gasteiger partial charge in [0.05, 0.1) is 31.0 Å². The van der Waals surface area contributed by atoms with Gasteiger partial charge in [-0.25, -0.2) is 13.8 Å². The molecular weight excluding hydrogens is 578 g/mol. The number of amides is 1. The highest BCUT2D eigenvalue weighted by Crippen LogP contribution is 2.35. The number of carbonyl (C=O) groups excluding carboxylic acids is 1. The first-order valence-corrected chi connectivity index (χ1v) is 14.6. The third-order valence-electron chi connectivity index (χ3n) is 6.19. The molecule has 0 aliphatic heterocycles. The number of benzene rings is 4. The second-order valence-corrected chi connectivity index (χ2v) is 11.4. The number of hydrogen-bond donors (Lipinski definition) is 1. The highest BCUT2D eigenvalue weighted by atomic mass is 35.5. The number of sulfonamides is 1. The van der Waals surface area contributed by atoms with E-state index < -0.39 is 22.5 Å². The Balaban J connectivity index is 1.47. The van der Waals surface area contributed by atoms with Gasteiger partial charge in [-0.15, -0.1) is 0 Å². The van der Waals surface area contributed by atoms with Crippen LogP contribution >= 0.6 is 11.6 Å². The number of methoxy groups -OCH3 is 2. The number of carbonyl (C=O) groups is 1. The molecule has 0 aromatic heterocycles. The molecule has 0 fully saturated rings. The fourth-order valence-electron chi connectivity index (χ4n) is 3.90. The summed E-state index contributed by atoms with van der Waals surface area (Å²) < 4.78 is 44.8. The van der Waals surface area contributed by atoms with Crippen LogP contribution in [0.4, 0.5) is 5.69 Å². The van der Waals surface area contributed by atoms with Crippen molar-refractivity contribution in [1.82, 2.24) is 5.43 Å². The van der Waals surface area contributed by atoms with Crippen molar-refractivity contribution in [3.63, 3.8) is 0 Å². The van der Waals surface area contributed by atoms with Crippen molar-refractivity contribution in [2.45, 2.75) is 18.4 Å². The summed E-state index contributed by atoms with van der Waals surface area (Å²) in [6.45, 7) is 1.63. The maximum Gasteiger partial charge on any atom is 0.264 e. The molecule has 4 aromatic rings. The molecule has 0 unspecified atom stereocenters. The van der Waals surface area contributed by atoms with E-state index in [0.29, 0.717) is 28.7 Å². The van der Waals surface area contributed by atoms with Gasteiger partial charge in [0.2, 0.25) is 0 Å². The third-order valence-corrected chi connectivity index (χ3v) is 8.33. The molecular formula is C31H30ClN3O6S. The molecule has 4 rings (SSSR count). The Morgan fingerprint density at radius 3 is 2.29 bits per heavy atom. The molecule has 0 saturated carbocycles. The Labute approximate surface area is 250 Å². The zero-order chi connectivity index (χ0) is 30.1. The molecule has 0 atom stereocenters. The van der Waals surface area contributed by atoms with Gasteiger partial charge in [0.1, 0.15) is 30.4 Å². The van der Waals surface area contributed by atoms with Crippen LogP contribution in [0.3, 0.4) is 0 Å². The predicted molar refractivity (Wildman–Crippen MR) is 163 cm³/mol. The van der Waals surface area contributed by atoms with E-state index in [4.69, 9.17) is 25.8 Å². The van der Waals surface area contributed by atoms with E-state index in [-0.39, 0.29) is 16.3 Å². The number of nitrogens with one attached hydrogen (secondary N) is 1. The quantitative estimate of drug-likeness (QED) is 0.166. The molecule has 0 aliphatic carbocycles. The number of hydrogen-bond acceptors (Lipinski definition) is 7. The standard InChI is InChI=1S/C31H30ClN3O6S/c1-22-8-15-27(16-9-22)42(37,38)35(29-17-14-26(39-2)18-30(29)40-3)20-31(36)34-33-19-23-10-12-25(13-11-23)41-21-24-6-4-5-7-28(24)32/h4-19H,20-21H2,1-3H3,(H,34,36)/b33-19+. The fourth-order valence-corrected chi connectivity index (χ4v) is 5.52. The summed E-state index contributed by atoms with van der Waals surface area (Å²) in [5, 5.41) is 4.64. The van der Waals surface area contributed by atoms with Gasteiger partial charge in [0.25, 0.3) is 15.9 Å². The summed E-state index contributed by atoms with van der Waals surface area (Å²) in [4.78, 5) is 13.0. The molecule has 42 heavy (non-hydrogen) atoms. The van der Waals surface area contributed by atoms with E-state index in [9.17, 15) is 13.2 Å². The predicted octanol–water partition coefficient (Wildman–Crippen LogP) is 5.59. The van der Waals surface area contributed by atoms with Gasteiger partial charge in [-0.2, -0.15) is 5.10 Å². The van der Waals surface area contributed by atoms with Crippen LogP contribution in [0, 0.1) is 6.92 Å². The highest BCUT2D eigenvalue weighted by molar-refractivity contribution is 7.92. The number of rotatable bonds is 12. The van der Waals surface area contributed by atoms with Crippen LogP contribution < -0.4 is 23.9 Å². The number of aryl methyl sites for hydroxylation is 1. The Kier molecular flexibility index (Phi) is 10.1. The largest absolute Gasteiger partial charge is 0.497 e. The monoisotopic (exact) mass is 607 g/mol. The van der Waals surface area contributed by atoms with E-state index in [1.807, 2.05) is 25.1 Å².